The smallest absolute Gasteiger partial charge is 0.303 e. The third kappa shape index (κ3) is 10.8. The van der Waals surface area contributed by atoms with Gasteiger partial charge in [0.2, 0.25) is 5.91 Å². The van der Waals surface area contributed by atoms with Gasteiger partial charge in [0.05, 0.1) is 18.8 Å². The van der Waals surface area contributed by atoms with Gasteiger partial charge in [0.25, 0.3) is 0 Å². The predicted molar refractivity (Wildman–Crippen MR) is 196 cm³/mol. The Bertz CT molecular complexity index is 1710. The van der Waals surface area contributed by atoms with Gasteiger partial charge in [-0.1, -0.05) is 91.0 Å². The molecule has 2 saturated heterocycles. The molecule has 1 amide bonds. The van der Waals surface area contributed by atoms with E-state index >= 15 is 0 Å². The summed E-state index contributed by atoms with van der Waals surface area (Å²) in [6, 6.07) is 35.1. The third-order valence-corrected chi connectivity index (χ3v) is 9.74. The zero-order chi connectivity index (χ0) is 35.4. The van der Waals surface area contributed by atoms with Gasteiger partial charge in [-0.25, -0.2) is 0 Å². The summed E-state index contributed by atoms with van der Waals surface area (Å²) in [5.74, 6) is -0.918. The lowest BCUT2D eigenvalue weighted by Gasteiger charge is -2.41. The van der Waals surface area contributed by atoms with Crippen LogP contribution in [0.2, 0.25) is 0 Å². The van der Waals surface area contributed by atoms with E-state index in [1.807, 2.05) is 30.3 Å². The van der Waals surface area contributed by atoms with E-state index in [4.69, 9.17) is 14.6 Å². The summed E-state index contributed by atoms with van der Waals surface area (Å²) in [6.45, 7) is 6.23. The monoisotopic (exact) mass is 691 g/mol. The van der Waals surface area contributed by atoms with Gasteiger partial charge in [-0.05, 0) is 58.4 Å². The molecular weight excluding hydrogens is 642 g/mol. The number of benzene rings is 4. The molecular formula is C42H49N3O6. The highest BCUT2D eigenvalue weighted by Crippen LogP contribution is 2.39. The van der Waals surface area contributed by atoms with Crippen molar-refractivity contribution in [3.8, 4) is 11.1 Å². The van der Waals surface area contributed by atoms with Crippen molar-refractivity contribution in [1.82, 2.24) is 15.1 Å². The first-order valence-corrected chi connectivity index (χ1v) is 18.1. The largest absolute Gasteiger partial charge is 0.481 e. The fourth-order valence-electron chi connectivity index (χ4n) is 6.87. The second-order valence-corrected chi connectivity index (χ2v) is 13.6. The summed E-state index contributed by atoms with van der Waals surface area (Å²) >= 11 is 0. The summed E-state index contributed by atoms with van der Waals surface area (Å²) in [7, 11) is 0. The normalized spacial score (nSPS) is 19.8. The van der Waals surface area contributed by atoms with Crippen molar-refractivity contribution in [2.24, 2.45) is 0 Å². The van der Waals surface area contributed by atoms with Crippen LogP contribution < -0.4 is 5.32 Å². The number of unbranched alkanes of at least 4 members (excludes halogenated alkanes) is 1. The summed E-state index contributed by atoms with van der Waals surface area (Å²) in [6.07, 6.45) is 1.46. The Morgan fingerprint density at radius 1 is 0.706 bits per heavy atom. The van der Waals surface area contributed by atoms with Crippen LogP contribution in [0.5, 0.6) is 0 Å². The molecule has 268 valence electrons. The van der Waals surface area contributed by atoms with Gasteiger partial charge < -0.3 is 25.0 Å². The number of carboxylic acids is 1. The number of piperazine rings is 1. The van der Waals surface area contributed by atoms with E-state index in [-0.39, 0.29) is 31.1 Å². The molecule has 9 heteroatoms. The van der Waals surface area contributed by atoms with Gasteiger partial charge in [-0.2, -0.15) is 0 Å². The van der Waals surface area contributed by atoms with Gasteiger partial charge in [-0.3, -0.25) is 19.4 Å². The van der Waals surface area contributed by atoms with Crippen LogP contribution in [0.15, 0.2) is 103 Å². The van der Waals surface area contributed by atoms with Crippen LogP contribution in [0.25, 0.3) is 11.1 Å². The Kier molecular flexibility index (Phi) is 13.0. The first-order chi connectivity index (χ1) is 24.9. The molecule has 2 aliphatic rings. The fraction of sp³-hybridized carbons (Fsp3) is 0.381. The van der Waals surface area contributed by atoms with Crippen LogP contribution in [0.4, 0.5) is 0 Å². The molecule has 2 heterocycles. The fourth-order valence-corrected chi connectivity index (χ4v) is 6.87. The summed E-state index contributed by atoms with van der Waals surface area (Å²) in [4.78, 5) is 28.1. The summed E-state index contributed by atoms with van der Waals surface area (Å²) in [5, 5.41) is 21.4. The number of amides is 1. The van der Waals surface area contributed by atoms with E-state index in [1.165, 1.54) is 5.56 Å². The molecule has 0 spiro atoms. The predicted octanol–water partition coefficient (Wildman–Crippen LogP) is 6.47. The van der Waals surface area contributed by atoms with Crippen LogP contribution in [0.3, 0.4) is 0 Å². The molecule has 9 nitrogen and oxygen atoms in total. The van der Waals surface area contributed by atoms with Crippen molar-refractivity contribution < 1.29 is 29.3 Å². The van der Waals surface area contributed by atoms with Crippen LogP contribution in [0, 0.1) is 0 Å². The van der Waals surface area contributed by atoms with Crippen molar-refractivity contribution >= 4 is 11.9 Å². The maximum Gasteiger partial charge on any atom is 0.303 e. The standard InChI is InChI=1S/C42H49N3O6/c46-30-32-16-18-34(19-17-32)39-26-38(29-45-22-20-44(21-23-45)28-31-8-2-1-3-9-31)50-42(51-39)37-13-7-12-36(25-37)35-11-6-10-33(24-35)27-43-40(47)14-4-5-15-41(48)49/h1-3,6-13,16-19,24-25,38-39,42,46H,4-5,14-15,20-23,26-30H2,(H,43,47)(H,48,49)/t38-,39+,42+/m0/s1. The molecule has 0 radical (unpaired) electrons. The van der Waals surface area contributed by atoms with E-state index in [9.17, 15) is 14.7 Å². The number of carbonyl (C=O) groups is 2. The SMILES string of the molecule is O=C(O)CCCCC(=O)NCc1cccc(-c2cccc([C@@H]3O[C@H](CN4CCN(Cc5ccccc5)CC4)C[C@H](c4ccc(CO)cc4)O3)c2)c1. The summed E-state index contributed by atoms with van der Waals surface area (Å²) in [5.41, 5.74) is 7.28. The Morgan fingerprint density at radius 2 is 1.39 bits per heavy atom. The second-order valence-electron chi connectivity index (χ2n) is 13.6. The number of hydrogen-bond acceptors (Lipinski definition) is 7. The molecule has 51 heavy (non-hydrogen) atoms. The average molecular weight is 692 g/mol. The first kappa shape index (κ1) is 36.4. The van der Waals surface area contributed by atoms with E-state index in [0.717, 1.165) is 79.1 Å². The number of nitrogens with one attached hydrogen (secondary N) is 1. The number of hydrogen-bond donors (Lipinski definition) is 3. The number of aliphatic hydroxyl groups excluding tert-OH is 1. The molecule has 3 atom stereocenters. The van der Waals surface area contributed by atoms with Crippen molar-refractivity contribution in [2.45, 2.75) is 70.3 Å². The van der Waals surface area contributed by atoms with Gasteiger partial charge in [-0.15, -0.1) is 0 Å². The maximum atomic E-state index is 12.3. The van der Waals surface area contributed by atoms with Crippen molar-refractivity contribution in [2.75, 3.05) is 32.7 Å². The first-order valence-electron chi connectivity index (χ1n) is 18.1. The van der Waals surface area contributed by atoms with E-state index in [2.05, 4.69) is 87.9 Å². The second kappa shape index (κ2) is 18.2. The summed E-state index contributed by atoms with van der Waals surface area (Å²) < 4.78 is 13.4. The zero-order valence-corrected chi connectivity index (χ0v) is 29.2. The average Bonchev–Trinajstić information content (AvgIpc) is 3.17. The quantitative estimate of drug-likeness (QED) is 0.122. The van der Waals surface area contributed by atoms with Crippen molar-refractivity contribution in [3.63, 3.8) is 0 Å². The van der Waals surface area contributed by atoms with Gasteiger partial charge in [0, 0.05) is 70.6 Å². The minimum absolute atomic E-state index is 0.00533. The maximum absolute atomic E-state index is 12.3. The number of ether oxygens (including phenoxy) is 2. The topological polar surface area (TPSA) is 112 Å². The molecule has 0 saturated carbocycles. The molecule has 4 aromatic rings. The number of carboxylic acid groups (broad SMARTS) is 1. The molecule has 0 bridgehead atoms. The molecule has 0 aromatic heterocycles. The van der Waals surface area contributed by atoms with Crippen LogP contribution in [-0.4, -0.2) is 70.7 Å². The minimum atomic E-state index is -0.838. The van der Waals surface area contributed by atoms with E-state index < -0.39 is 12.3 Å². The third-order valence-electron chi connectivity index (χ3n) is 9.74. The van der Waals surface area contributed by atoms with Gasteiger partial charge in [0.1, 0.15) is 0 Å². The molecule has 6 rings (SSSR count). The minimum Gasteiger partial charge on any atom is -0.481 e. The highest BCUT2D eigenvalue weighted by atomic mass is 16.7. The highest BCUT2D eigenvalue weighted by Gasteiger charge is 2.34. The lowest BCUT2D eigenvalue weighted by molar-refractivity contribution is -0.253. The zero-order valence-electron chi connectivity index (χ0n) is 29.2. The van der Waals surface area contributed by atoms with Crippen molar-refractivity contribution in [3.05, 3.63) is 131 Å². The molecule has 4 aromatic carbocycles. The Balaban J connectivity index is 1.11. The Hall–Kier alpha value is -4.38. The Morgan fingerprint density at radius 3 is 2.14 bits per heavy atom. The lowest BCUT2D eigenvalue weighted by Crippen LogP contribution is -2.49. The number of aliphatic hydroxyl groups is 1. The van der Waals surface area contributed by atoms with Gasteiger partial charge in [0.15, 0.2) is 6.29 Å². The molecule has 0 unspecified atom stereocenters. The van der Waals surface area contributed by atoms with E-state index in [0.29, 0.717) is 25.8 Å². The molecule has 2 fully saturated rings. The number of rotatable bonds is 15. The molecule has 2 aliphatic heterocycles. The number of carbonyl (C=O) groups excluding carboxylic acids is 1. The van der Waals surface area contributed by atoms with Crippen LogP contribution in [0.1, 0.15) is 72.3 Å². The molecule has 3 N–H and O–H groups in total. The van der Waals surface area contributed by atoms with Crippen molar-refractivity contribution in [1.29, 1.82) is 0 Å². The molecule has 0 aliphatic carbocycles. The van der Waals surface area contributed by atoms with E-state index in [1.54, 1.807) is 0 Å². The van der Waals surface area contributed by atoms with Gasteiger partial charge >= 0.3 is 5.97 Å². The lowest BCUT2D eigenvalue weighted by atomic mass is 9.98. The highest BCUT2D eigenvalue weighted by molar-refractivity contribution is 5.76. The van der Waals surface area contributed by atoms with Crippen LogP contribution >= 0.6 is 0 Å². The Labute approximate surface area is 300 Å². The number of aliphatic carboxylic acids is 1. The van der Waals surface area contributed by atoms with Crippen LogP contribution in [-0.2, 0) is 38.8 Å². The number of nitrogens with zero attached hydrogens (tertiary/aromatic N) is 2.